The lowest BCUT2D eigenvalue weighted by atomic mass is 10.0. The zero-order chi connectivity index (χ0) is 14.7. The van der Waals surface area contributed by atoms with E-state index in [-0.39, 0.29) is 6.10 Å². The average Bonchev–Trinajstić information content (AvgIpc) is 2.41. The first-order chi connectivity index (χ1) is 9.49. The minimum Gasteiger partial charge on any atom is -0.489 e. The second-order valence-electron chi connectivity index (χ2n) is 4.74. The van der Waals surface area contributed by atoms with Crippen molar-refractivity contribution in [3.05, 3.63) is 57.8 Å². The van der Waals surface area contributed by atoms with Crippen molar-refractivity contribution in [1.29, 1.82) is 0 Å². The van der Waals surface area contributed by atoms with Crippen LogP contribution in [-0.2, 0) is 0 Å². The van der Waals surface area contributed by atoms with Gasteiger partial charge in [-0.1, -0.05) is 35.3 Å². The third-order valence-electron chi connectivity index (χ3n) is 2.78. The Kier molecular flexibility index (Phi) is 4.86. The lowest BCUT2D eigenvalue weighted by Gasteiger charge is -2.16. The first kappa shape index (κ1) is 15.1. The number of aromatic nitrogens is 1. The predicted octanol–water partition coefficient (Wildman–Crippen LogP) is 4.22. The molecule has 0 fully saturated rings. The summed E-state index contributed by atoms with van der Waals surface area (Å²) < 4.78 is 5.62. The van der Waals surface area contributed by atoms with Crippen molar-refractivity contribution in [3.63, 3.8) is 0 Å². The van der Waals surface area contributed by atoms with E-state index in [1.165, 1.54) is 0 Å². The molecule has 0 amide bonds. The summed E-state index contributed by atoms with van der Waals surface area (Å²) in [4.78, 5) is 4.16. The van der Waals surface area contributed by atoms with E-state index in [1.807, 2.05) is 32.0 Å². The first-order valence-electron chi connectivity index (χ1n) is 6.30. The van der Waals surface area contributed by atoms with Crippen LogP contribution in [0.1, 0.15) is 31.0 Å². The number of halogens is 2. The van der Waals surface area contributed by atoms with Crippen LogP contribution in [0.25, 0.3) is 0 Å². The Balaban J connectivity index is 2.33. The normalized spacial score (nSPS) is 12.5. The van der Waals surface area contributed by atoms with Gasteiger partial charge in [-0.05, 0) is 37.1 Å². The number of pyridine rings is 1. The fraction of sp³-hybridized carbons (Fsp3) is 0.267. The molecular formula is C15H16Cl2N2O. The van der Waals surface area contributed by atoms with Crippen LogP contribution in [0.5, 0.6) is 5.75 Å². The summed E-state index contributed by atoms with van der Waals surface area (Å²) >= 11 is 12.2. The molecule has 1 unspecified atom stereocenters. The molecule has 1 atom stereocenters. The van der Waals surface area contributed by atoms with Gasteiger partial charge in [-0.25, -0.2) is 0 Å². The first-order valence-corrected chi connectivity index (χ1v) is 7.05. The highest BCUT2D eigenvalue weighted by Crippen LogP contribution is 2.32. The lowest BCUT2D eigenvalue weighted by Crippen LogP contribution is -2.13. The second-order valence-corrected chi connectivity index (χ2v) is 5.53. The molecule has 2 rings (SSSR count). The highest BCUT2D eigenvalue weighted by molar-refractivity contribution is 6.42. The minimum absolute atomic E-state index is 0.0815. The summed E-state index contributed by atoms with van der Waals surface area (Å²) in [5.41, 5.74) is 7.84. The fourth-order valence-corrected chi connectivity index (χ4v) is 2.31. The van der Waals surface area contributed by atoms with Crippen LogP contribution in [0.4, 0.5) is 0 Å². The molecule has 0 radical (unpaired) electrons. The van der Waals surface area contributed by atoms with Gasteiger partial charge < -0.3 is 10.5 Å². The van der Waals surface area contributed by atoms with Crippen LogP contribution in [0.3, 0.4) is 0 Å². The van der Waals surface area contributed by atoms with E-state index >= 15 is 0 Å². The number of nitrogens with zero attached hydrogens (tertiary/aromatic N) is 1. The maximum Gasteiger partial charge on any atom is 0.138 e. The van der Waals surface area contributed by atoms with Crippen molar-refractivity contribution in [3.8, 4) is 5.75 Å². The topological polar surface area (TPSA) is 48.1 Å². The molecule has 2 aromatic rings. The summed E-state index contributed by atoms with van der Waals surface area (Å²) in [6.45, 7) is 3.92. The molecular weight excluding hydrogens is 295 g/mol. The molecule has 2 N–H and O–H groups in total. The SMILES string of the molecule is CC(C)Oc1cncc(C(N)c2cccc(Cl)c2Cl)c1. The summed E-state index contributed by atoms with van der Waals surface area (Å²) in [6.07, 6.45) is 3.45. The van der Waals surface area contributed by atoms with Crippen molar-refractivity contribution in [2.45, 2.75) is 26.0 Å². The third-order valence-corrected chi connectivity index (χ3v) is 3.62. The molecule has 0 aliphatic carbocycles. The molecule has 0 aliphatic heterocycles. The number of hydrogen-bond donors (Lipinski definition) is 1. The van der Waals surface area contributed by atoms with Crippen LogP contribution in [0.2, 0.25) is 10.0 Å². The van der Waals surface area contributed by atoms with E-state index in [2.05, 4.69) is 4.98 Å². The van der Waals surface area contributed by atoms with Gasteiger partial charge >= 0.3 is 0 Å². The Bertz CT molecular complexity index is 602. The van der Waals surface area contributed by atoms with Crippen LogP contribution in [0.15, 0.2) is 36.7 Å². The van der Waals surface area contributed by atoms with Gasteiger partial charge in [0.2, 0.25) is 0 Å². The van der Waals surface area contributed by atoms with Gasteiger partial charge in [0.15, 0.2) is 0 Å². The van der Waals surface area contributed by atoms with Gasteiger partial charge in [-0.2, -0.15) is 0 Å². The Morgan fingerprint density at radius 1 is 1.20 bits per heavy atom. The Morgan fingerprint density at radius 3 is 2.65 bits per heavy atom. The Hall–Kier alpha value is -1.29. The van der Waals surface area contributed by atoms with Crippen LogP contribution in [-0.4, -0.2) is 11.1 Å². The summed E-state index contributed by atoms with van der Waals surface area (Å²) in [6, 6.07) is 6.88. The quantitative estimate of drug-likeness (QED) is 0.919. The second kappa shape index (κ2) is 6.44. The molecule has 20 heavy (non-hydrogen) atoms. The van der Waals surface area contributed by atoms with Gasteiger partial charge in [0.05, 0.1) is 28.4 Å². The average molecular weight is 311 g/mol. The van der Waals surface area contributed by atoms with E-state index in [1.54, 1.807) is 18.5 Å². The van der Waals surface area contributed by atoms with Crippen molar-refractivity contribution in [2.75, 3.05) is 0 Å². The Morgan fingerprint density at radius 2 is 1.95 bits per heavy atom. The molecule has 1 heterocycles. The monoisotopic (exact) mass is 310 g/mol. The number of benzene rings is 1. The van der Waals surface area contributed by atoms with Crippen molar-refractivity contribution in [1.82, 2.24) is 4.98 Å². The number of ether oxygens (including phenoxy) is 1. The predicted molar refractivity (Wildman–Crippen MR) is 82.5 cm³/mol. The molecule has 1 aromatic carbocycles. The molecule has 0 saturated heterocycles. The van der Waals surface area contributed by atoms with Crippen molar-refractivity contribution in [2.24, 2.45) is 5.73 Å². The maximum atomic E-state index is 6.25. The summed E-state index contributed by atoms with van der Waals surface area (Å²) in [5, 5.41) is 0.957. The van der Waals surface area contributed by atoms with Gasteiger partial charge in [-0.3, -0.25) is 4.98 Å². The number of hydrogen-bond acceptors (Lipinski definition) is 3. The Labute approximate surface area is 128 Å². The van der Waals surface area contributed by atoms with Crippen molar-refractivity contribution >= 4 is 23.2 Å². The van der Waals surface area contributed by atoms with E-state index in [9.17, 15) is 0 Å². The molecule has 3 nitrogen and oxygen atoms in total. The van der Waals surface area contributed by atoms with Gasteiger partial charge in [0.25, 0.3) is 0 Å². The van der Waals surface area contributed by atoms with E-state index in [0.717, 1.165) is 11.1 Å². The maximum absolute atomic E-state index is 6.25. The summed E-state index contributed by atoms with van der Waals surface area (Å²) in [7, 11) is 0. The molecule has 5 heteroatoms. The molecule has 1 aromatic heterocycles. The molecule has 0 spiro atoms. The van der Waals surface area contributed by atoms with Gasteiger partial charge in [0, 0.05) is 6.20 Å². The smallest absolute Gasteiger partial charge is 0.138 e. The largest absolute Gasteiger partial charge is 0.489 e. The molecule has 0 bridgehead atoms. The highest BCUT2D eigenvalue weighted by atomic mass is 35.5. The van der Waals surface area contributed by atoms with Gasteiger partial charge in [-0.15, -0.1) is 0 Å². The summed E-state index contributed by atoms with van der Waals surface area (Å²) in [5.74, 6) is 0.686. The lowest BCUT2D eigenvalue weighted by molar-refractivity contribution is 0.241. The van der Waals surface area contributed by atoms with Crippen LogP contribution >= 0.6 is 23.2 Å². The zero-order valence-electron chi connectivity index (χ0n) is 11.3. The third kappa shape index (κ3) is 3.42. The van der Waals surface area contributed by atoms with Crippen molar-refractivity contribution < 1.29 is 4.74 Å². The van der Waals surface area contributed by atoms with Gasteiger partial charge in [0.1, 0.15) is 5.75 Å². The zero-order valence-corrected chi connectivity index (χ0v) is 12.8. The fourth-order valence-electron chi connectivity index (χ4n) is 1.88. The minimum atomic E-state index is -0.399. The standard InChI is InChI=1S/C15H16Cl2N2O/c1-9(2)20-11-6-10(7-19-8-11)15(18)12-4-3-5-13(16)14(12)17/h3-9,15H,18H2,1-2H3. The molecule has 106 valence electrons. The van der Waals surface area contributed by atoms with E-state index < -0.39 is 6.04 Å². The van der Waals surface area contributed by atoms with Crippen LogP contribution < -0.4 is 10.5 Å². The molecule has 0 aliphatic rings. The highest BCUT2D eigenvalue weighted by Gasteiger charge is 2.15. The number of nitrogens with two attached hydrogens (primary N) is 1. The van der Waals surface area contributed by atoms with E-state index in [0.29, 0.717) is 15.8 Å². The van der Waals surface area contributed by atoms with E-state index in [4.69, 9.17) is 33.7 Å². The van der Waals surface area contributed by atoms with Crippen LogP contribution in [0, 0.1) is 0 Å². The molecule has 0 saturated carbocycles. The number of rotatable bonds is 4.